The molecule has 0 atom stereocenters. The number of pyridine rings is 1. The Labute approximate surface area is 385 Å². The van der Waals surface area contributed by atoms with E-state index < -0.39 is 0 Å². The van der Waals surface area contributed by atoms with Crippen LogP contribution < -0.4 is 0 Å². The van der Waals surface area contributed by atoms with Gasteiger partial charge in [-0.1, -0.05) is 164 Å². The number of fused-ring (bicyclic) bond motifs is 9. The maximum Gasteiger partial charge on any atom is 0.194 e. The lowest BCUT2D eigenvalue weighted by Gasteiger charge is -2.16. The van der Waals surface area contributed by atoms with Crippen molar-refractivity contribution in [3.8, 4) is 67.5 Å². The summed E-state index contributed by atoms with van der Waals surface area (Å²) >= 11 is 0. The largest absolute Gasteiger partial charge is 0.456 e. The van der Waals surface area contributed by atoms with Crippen molar-refractivity contribution < 1.29 is 4.42 Å². The van der Waals surface area contributed by atoms with Crippen LogP contribution in [0.3, 0.4) is 0 Å². The highest BCUT2D eigenvalue weighted by Crippen LogP contribution is 2.43. The van der Waals surface area contributed by atoms with Gasteiger partial charge in [0, 0.05) is 44.6 Å². The van der Waals surface area contributed by atoms with Crippen molar-refractivity contribution in [2.45, 2.75) is 0 Å². The number of para-hydroxylation sites is 1. The quantitative estimate of drug-likeness (QED) is 0.123. The normalized spacial score (nSPS) is 11.6. The predicted molar refractivity (Wildman–Crippen MR) is 274 cm³/mol. The molecular formula is C61H35N5O. The summed E-state index contributed by atoms with van der Waals surface area (Å²) in [5, 5.41) is 9.87. The van der Waals surface area contributed by atoms with Gasteiger partial charge >= 0.3 is 0 Å². The van der Waals surface area contributed by atoms with E-state index in [0.717, 1.165) is 104 Å². The number of hydrogen-bond acceptors (Lipinski definition) is 5. The lowest BCUT2D eigenvalue weighted by molar-refractivity contribution is 0.669. The highest BCUT2D eigenvalue weighted by molar-refractivity contribution is 6.23. The first kappa shape index (κ1) is 38.2. The number of hydrogen-bond donors (Lipinski definition) is 0. The van der Waals surface area contributed by atoms with Gasteiger partial charge in [-0.05, 0) is 103 Å². The fraction of sp³-hybridized carbons (Fsp3) is 0. The maximum absolute atomic E-state index is 7.70. The van der Waals surface area contributed by atoms with Crippen LogP contribution in [0.5, 0.6) is 0 Å². The van der Waals surface area contributed by atoms with Gasteiger partial charge in [0.2, 0.25) is 0 Å². The molecule has 0 unspecified atom stereocenters. The molecule has 3 aromatic heterocycles. The van der Waals surface area contributed by atoms with E-state index in [-0.39, 0.29) is 0 Å². The van der Waals surface area contributed by atoms with Crippen molar-refractivity contribution in [2.24, 2.45) is 0 Å². The molecule has 67 heavy (non-hydrogen) atoms. The highest BCUT2D eigenvalue weighted by Gasteiger charge is 2.19. The standard InChI is InChI=1S/C61H35N5O/c1-62-55-31-30-43(44-17-7-8-20-47(44)55)37-24-26-38(27-25-37)51-35-54-50-22-12-32-63-58(50)52(36-53(54)46-19-6-5-18-45(46)51)40-15-11-16-41(33-40)60-64-59(39-13-3-2-4-14-39)65-61(66-60)42-28-29-49-48-21-9-10-23-56(48)67-57(49)34-42/h2-36H. The van der Waals surface area contributed by atoms with E-state index in [4.69, 9.17) is 30.9 Å². The van der Waals surface area contributed by atoms with E-state index in [0.29, 0.717) is 23.2 Å². The van der Waals surface area contributed by atoms with Crippen molar-refractivity contribution in [3.63, 3.8) is 0 Å². The second kappa shape index (κ2) is 15.4. The minimum atomic E-state index is 0.565. The Hall–Kier alpha value is -9.31. The summed E-state index contributed by atoms with van der Waals surface area (Å²) < 4.78 is 6.28. The molecule has 3 heterocycles. The van der Waals surface area contributed by atoms with Crippen LogP contribution in [0.25, 0.3) is 138 Å². The molecule has 0 fully saturated rings. The van der Waals surface area contributed by atoms with Crippen LogP contribution in [-0.2, 0) is 0 Å². The molecule has 0 amide bonds. The molecule has 0 aliphatic heterocycles. The molecule has 310 valence electrons. The molecule has 6 nitrogen and oxygen atoms in total. The zero-order valence-corrected chi connectivity index (χ0v) is 35.9. The minimum absolute atomic E-state index is 0.565. The van der Waals surface area contributed by atoms with Crippen LogP contribution in [0.1, 0.15) is 0 Å². The van der Waals surface area contributed by atoms with Crippen LogP contribution in [0, 0.1) is 6.57 Å². The Morgan fingerprint density at radius 1 is 0.328 bits per heavy atom. The second-order valence-corrected chi connectivity index (χ2v) is 16.8. The van der Waals surface area contributed by atoms with Gasteiger partial charge in [0.25, 0.3) is 0 Å². The zero-order chi connectivity index (χ0) is 44.4. The summed E-state index contributed by atoms with van der Waals surface area (Å²) in [6.45, 7) is 7.70. The third-order valence-electron chi connectivity index (χ3n) is 13.0. The summed E-state index contributed by atoms with van der Waals surface area (Å²) in [7, 11) is 0. The Kier molecular flexibility index (Phi) is 8.80. The van der Waals surface area contributed by atoms with E-state index in [1.807, 2.05) is 91.1 Å². The number of aromatic nitrogens is 4. The van der Waals surface area contributed by atoms with Gasteiger partial charge in [0.05, 0.1) is 12.1 Å². The third-order valence-corrected chi connectivity index (χ3v) is 13.0. The van der Waals surface area contributed by atoms with Crippen molar-refractivity contribution in [1.82, 2.24) is 19.9 Å². The fourth-order valence-electron chi connectivity index (χ4n) is 9.79. The van der Waals surface area contributed by atoms with E-state index in [1.54, 1.807) is 0 Å². The number of furan rings is 1. The van der Waals surface area contributed by atoms with E-state index >= 15 is 0 Å². The Balaban J connectivity index is 0.939. The van der Waals surface area contributed by atoms with Crippen LogP contribution in [0.2, 0.25) is 0 Å². The summed E-state index contributed by atoms with van der Waals surface area (Å²) in [5.74, 6) is 1.73. The molecule has 0 radical (unpaired) electrons. The first-order chi connectivity index (χ1) is 33.1. The molecule has 0 spiro atoms. The molecular weight excluding hydrogens is 819 g/mol. The van der Waals surface area contributed by atoms with Crippen molar-refractivity contribution in [3.05, 3.63) is 224 Å². The molecule has 0 N–H and O–H groups in total. The molecule has 0 aliphatic carbocycles. The SMILES string of the molecule is [C-]#[N+]c1ccc(-c2ccc(-c3cc4c5cccnc5c(-c5cccc(-c6nc(-c7ccccc7)nc(-c7ccc8c(c7)oc7ccccc78)n6)c5)cc4c4ccccc34)cc2)c2ccccc12. The average molecular weight is 854 g/mol. The maximum atomic E-state index is 7.70. The topological polar surface area (TPSA) is 69.1 Å². The Morgan fingerprint density at radius 3 is 1.66 bits per heavy atom. The summed E-state index contributed by atoms with van der Waals surface area (Å²) in [5.41, 5.74) is 12.4. The van der Waals surface area contributed by atoms with Crippen LogP contribution in [-0.4, -0.2) is 19.9 Å². The van der Waals surface area contributed by atoms with Crippen molar-refractivity contribution in [2.75, 3.05) is 0 Å². The van der Waals surface area contributed by atoms with E-state index in [2.05, 4.69) is 126 Å². The molecule has 13 rings (SSSR count). The third kappa shape index (κ3) is 6.41. The lowest BCUT2D eigenvalue weighted by atomic mass is 9.88. The highest BCUT2D eigenvalue weighted by atomic mass is 16.3. The minimum Gasteiger partial charge on any atom is -0.456 e. The van der Waals surface area contributed by atoms with Gasteiger partial charge in [0.15, 0.2) is 23.2 Å². The molecule has 0 saturated heterocycles. The smallest absolute Gasteiger partial charge is 0.194 e. The molecule has 13 aromatic rings. The lowest BCUT2D eigenvalue weighted by Crippen LogP contribution is -2.00. The molecule has 0 aliphatic rings. The van der Waals surface area contributed by atoms with Crippen molar-refractivity contribution in [1.29, 1.82) is 0 Å². The summed E-state index contributed by atoms with van der Waals surface area (Å²) in [4.78, 5) is 24.1. The van der Waals surface area contributed by atoms with Crippen LogP contribution >= 0.6 is 0 Å². The first-order valence-corrected chi connectivity index (χ1v) is 22.2. The Morgan fingerprint density at radius 2 is 0.881 bits per heavy atom. The average Bonchev–Trinajstić information content (AvgIpc) is 3.78. The number of rotatable bonds is 6. The number of benzene rings is 10. The summed E-state index contributed by atoms with van der Waals surface area (Å²) in [6, 6.07) is 71.3. The van der Waals surface area contributed by atoms with Gasteiger partial charge in [-0.2, -0.15) is 0 Å². The predicted octanol–water partition coefficient (Wildman–Crippen LogP) is 16.3. The number of nitrogens with zero attached hydrogens (tertiary/aromatic N) is 5. The van der Waals surface area contributed by atoms with Crippen molar-refractivity contribution >= 4 is 70.8 Å². The second-order valence-electron chi connectivity index (χ2n) is 16.8. The van der Waals surface area contributed by atoms with Gasteiger partial charge in [-0.15, -0.1) is 0 Å². The van der Waals surface area contributed by atoms with Gasteiger partial charge in [-0.3, -0.25) is 4.98 Å². The van der Waals surface area contributed by atoms with E-state index in [9.17, 15) is 0 Å². The molecule has 0 bridgehead atoms. The molecule has 10 aromatic carbocycles. The molecule has 0 saturated carbocycles. The molecule has 6 heteroatoms. The van der Waals surface area contributed by atoms with Gasteiger partial charge in [-0.25, -0.2) is 19.8 Å². The summed E-state index contributed by atoms with van der Waals surface area (Å²) in [6.07, 6.45) is 1.87. The van der Waals surface area contributed by atoms with Crippen LogP contribution in [0.4, 0.5) is 5.69 Å². The van der Waals surface area contributed by atoms with Crippen LogP contribution in [0.15, 0.2) is 217 Å². The monoisotopic (exact) mass is 853 g/mol. The fourth-order valence-corrected chi connectivity index (χ4v) is 9.79. The van der Waals surface area contributed by atoms with E-state index in [1.165, 1.54) is 10.8 Å². The van der Waals surface area contributed by atoms with Gasteiger partial charge in [0.1, 0.15) is 11.2 Å². The zero-order valence-electron chi connectivity index (χ0n) is 35.9. The first-order valence-electron chi connectivity index (χ1n) is 22.2. The van der Waals surface area contributed by atoms with Gasteiger partial charge < -0.3 is 4.42 Å². The Bertz CT molecular complexity index is 4170.